The lowest BCUT2D eigenvalue weighted by Crippen LogP contribution is -2.18. The molecule has 0 saturated carbocycles. The number of tetrazole rings is 1. The van der Waals surface area contributed by atoms with Crippen molar-refractivity contribution < 1.29 is 9.63 Å². The van der Waals surface area contributed by atoms with Gasteiger partial charge in [0.25, 0.3) is 0 Å². The number of aromatic nitrogens is 4. The molecule has 1 aromatic rings. The Kier molecular flexibility index (Phi) is 1.85. The van der Waals surface area contributed by atoms with E-state index >= 15 is 0 Å². The van der Waals surface area contributed by atoms with Crippen molar-refractivity contribution in [2.45, 2.75) is 12.6 Å². The highest BCUT2D eigenvalue weighted by Gasteiger charge is 2.21. The number of hydrogen-bond acceptors (Lipinski definition) is 6. The van der Waals surface area contributed by atoms with Gasteiger partial charge in [-0.2, -0.15) is 0 Å². The van der Waals surface area contributed by atoms with E-state index in [0.29, 0.717) is 12.1 Å². The van der Waals surface area contributed by atoms with Crippen LogP contribution in [0.15, 0.2) is 17.1 Å². The van der Waals surface area contributed by atoms with Gasteiger partial charge in [-0.15, -0.1) is 5.10 Å². The number of nitrogens with zero attached hydrogens (tertiary/aromatic N) is 5. The van der Waals surface area contributed by atoms with Gasteiger partial charge in [0.15, 0.2) is 6.10 Å². The highest BCUT2D eigenvalue weighted by atomic mass is 16.6. The zero-order chi connectivity index (χ0) is 9.10. The second kappa shape index (κ2) is 3.16. The van der Waals surface area contributed by atoms with E-state index in [2.05, 4.69) is 20.7 Å². The summed E-state index contributed by atoms with van der Waals surface area (Å²) in [6.45, 7) is 0.359. The molecule has 1 aliphatic rings. The molecule has 13 heavy (non-hydrogen) atoms. The van der Waals surface area contributed by atoms with E-state index in [9.17, 15) is 4.79 Å². The van der Waals surface area contributed by atoms with E-state index in [1.54, 1.807) is 5.94 Å². The van der Waals surface area contributed by atoms with Gasteiger partial charge in [0, 0.05) is 0 Å². The van der Waals surface area contributed by atoms with Gasteiger partial charge in [-0.3, -0.25) is 0 Å². The SMILES string of the molecule is O=C=C1C=NOC1Cn1cnnn1. The quantitative estimate of drug-likeness (QED) is 0.533. The van der Waals surface area contributed by atoms with Gasteiger partial charge in [-0.25, -0.2) is 9.48 Å². The minimum atomic E-state index is -0.430. The fourth-order valence-electron chi connectivity index (χ4n) is 0.958. The Labute approximate surface area is 72.7 Å². The van der Waals surface area contributed by atoms with Gasteiger partial charge in [0.2, 0.25) is 0 Å². The third-order valence-corrected chi connectivity index (χ3v) is 1.59. The second-order valence-corrected chi connectivity index (χ2v) is 2.42. The summed E-state index contributed by atoms with van der Waals surface area (Å²) in [4.78, 5) is 15.2. The van der Waals surface area contributed by atoms with Crippen molar-refractivity contribution in [3.05, 3.63) is 11.9 Å². The maximum absolute atomic E-state index is 10.4. The molecule has 0 aliphatic carbocycles. The summed E-state index contributed by atoms with van der Waals surface area (Å²) in [6, 6.07) is 0. The van der Waals surface area contributed by atoms with E-state index in [1.165, 1.54) is 17.2 Å². The standard InChI is InChI=1S/C6H5N5O2/c12-3-5-1-8-13-6(5)2-11-4-7-9-10-11/h1,4,6H,2H2. The molecule has 66 valence electrons. The summed E-state index contributed by atoms with van der Waals surface area (Å²) in [5.41, 5.74) is 0.371. The first-order valence-electron chi connectivity index (χ1n) is 3.55. The molecule has 1 aromatic heterocycles. The summed E-state index contributed by atoms with van der Waals surface area (Å²) in [7, 11) is 0. The van der Waals surface area contributed by atoms with E-state index in [-0.39, 0.29) is 0 Å². The van der Waals surface area contributed by atoms with Gasteiger partial charge in [0.1, 0.15) is 17.8 Å². The molecule has 7 heteroatoms. The summed E-state index contributed by atoms with van der Waals surface area (Å²) < 4.78 is 1.46. The number of rotatable bonds is 2. The van der Waals surface area contributed by atoms with Crippen LogP contribution in [0.3, 0.4) is 0 Å². The van der Waals surface area contributed by atoms with E-state index < -0.39 is 6.10 Å². The Balaban J connectivity index is 2.08. The Morgan fingerprint density at radius 1 is 1.69 bits per heavy atom. The smallest absolute Gasteiger partial charge is 0.184 e. The van der Waals surface area contributed by atoms with Crippen molar-refractivity contribution >= 4 is 12.2 Å². The monoisotopic (exact) mass is 179 g/mol. The molecule has 0 radical (unpaired) electrons. The molecule has 0 spiro atoms. The van der Waals surface area contributed by atoms with Crippen molar-refractivity contribution in [3.63, 3.8) is 0 Å². The van der Waals surface area contributed by atoms with Crippen molar-refractivity contribution in [1.29, 1.82) is 0 Å². The zero-order valence-corrected chi connectivity index (χ0v) is 6.49. The Morgan fingerprint density at radius 2 is 2.62 bits per heavy atom. The van der Waals surface area contributed by atoms with Gasteiger partial charge in [0.05, 0.1) is 12.8 Å². The van der Waals surface area contributed by atoms with Crippen LogP contribution in [0.4, 0.5) is 0 Å². The van der Waals surface area contributed by atoms with Gasteiger partial charge >= 0.3 is 0 Å². The topological polar surface area (TPSA) is 82.3 Å². The maximum atomic E-state index is 10.4. The molecule has 2 rings (SSSR count). The van der Waals surface area contributed by atoms with Crippen molar-refractivity contribution in [2.75, 3.05) is 0 Å². The zero-order valence-electron chi connectivity index (χ0n) is 6.49. The molecule has 1 aliphatic heterocycles. The molecule has 0 aromatic carbocycles. The number of hydrogen-bond donors (Lipinski definition) is 0. The van der Waals surface area contributed by atoms with Crippen molar-refractivity contribution in [3.8, 4) is 0 Å². The minimum absolute atomic E-state index is 0.359. The van der Waals surface area contributed by atoms with E-state index in [4.69, 9.17) is 4.84 Å². The molecule has 1 unspecified atom stereocenters. The van der Waals surface area contributed by atoms with Crippen LogP contribution in [0, 0.1) is 0 Å². The largest absolute Gasteiger partial charge is 0.385 e. The second-order valence-electron chi connectivity index (χ2n) is 2.42. The number of carbonyl (C=O) groups excluding carboxylic acids is 1. The van der Waals surface area contributed by atoms with Crippen LogP contribution in [0.1, 0.15) is 0 Å². The first-order chi connectivity index (χ1) is 6.40. The summed E-state index contributed by atoms with van der Waals surface area (Å²) in [6.07, 6.45) is 2.34. The Morgan fingerprint density at radius 3 is 3.31 bits per heavy atom. The normalized spacial score (nSPS) is 20.0. The molecule has 0 saturated heterocycles. The Bertz CT molecular complexity index is 364. The lowest BCUT2D eigenvalue weighted by Gasteiger charge is -2.05. The van der Waals surface area contributed by atoms with E-state index in [1.807, 2.05) is 0 Å². The minimum Gasteiger partial charge on any atom is -0.385 e. The summed E-state index contributed by atoms with van der Waals surface area (Å²) in [5, 5.41) is 14.0. The van der Waals surface area contributed by atoms with Crippen LogP contribution in [0.2, 0.25) is 0 Å². The van der Waals surface area contributed by atoms with Crippen LogP contribution >= 0.6 is 0 Å². The van der Waals surface area contributed by atoms with Crippen LogP contribution in [0.25, 0.3) is 0 Å². The molecule has 2 heterocycles. The molecular weight excluding hydrogens is 174 g/mol. The van der Waals surface area contributed by atoms with Gasteiger partial charge in [-0.1, -0.05) is 5.16 Å². The fourth-order valence-corrected chi connectivity index (χ4v) is 0.958. The summed E-state index contributed by atoms with van der Waals surface area (Å²) >= 11 is 0. The predicted molar refractivity (Wildman–Crippen MR) is 40.4 cm³/mol. The van der Waals surface area contributed by atoms with Crippen LogP contribution in [0.5, 0.6) is 0 Å². The van der Waals surface area contributed by atoms with Crippen LogP contribution < -0.4 is 0 Å². The third-order valence-electron chi connectivity index (χ3n) is 1.59. The Hall–Kier alpha value is -2.01. The van der Waals surface area contributed by atoms with E-state index in [0.717, 1.165) is 0 Å². The van der Waals surface area contributed by atoms with Crippen LogP contribution in [-0.2, 0) is 16.2 Å². The lowest BCUT2D eigenvalue weighted by molar-refractivity contribution is 0.0889. The highest BCUT2D eigenvalue weighted by Crippen LogP contribution is 2.10. The van der Waals surface area contributed by atoms with Gasteiger partial charge < -0.3 is 4.84 Å². The van der Waals surface area contributed by atoms with Crippen molar-refractivity contribution in [2.24, 2.45) is 5.16 Å². The van der Waals surface area contributed by atoms with Crippen molar-refractivity contribution in [1.82, 2.24) is 20.2 Å². The van der Waals surface area contributed by atoms with Gasteiger partial charge in [-0.05, 0) is 10.4 Å². The molecule has 0 fully saturated rings. The summed E-state index contributed by atoms with van der Waals surface area (Å²) in [5.74, 6) is 1.74. The molecule has 0 bridgehead atoms. The predicted octanol–water partition coefficient (Wildman–Crippen LogP) is -1.18. The molecular formula is C6H5N5O2. The highest BCUT2D eigenvalue weighted by molar-refractivity contribution is 5.91. The lowest BCUT2D eigenvalue weighted by atomic mass is 10.2. The number of oxime groups is 1. The van der Waals surface area contributed by atoms with Crippen LogP contribution in [-0.4, -0.2) is 38.5 Å². The maximum Gasteiger partial charge on any atom is 0.184 e. The average Bonchev–Trinajstić information content (AvgIpc) is 2.76. The average molecular weight is 179 g/mol. The third kappa shape index (κ3) is 1.45. The molecule has 0 N–H and O–H groups in total. The first kappa shape index (κ1) is 7.63. The molecule has 1 atom stereocenters. The molecule has 0 amide bonds. The molecule has 7 nitrogen and oxygen atoms in total. The first-order valence-corrected chi connectivity index (χ1v) is 3.55. The fraction of sp³-hybridized carbons (Fsp3) is 0.333.